The van der Waals surface area contributed by atoms with Crippen LogP contribution in [0.2, 0.25) is 0 Å². The number of hydrogen-bond acceptors (Lipinski definition) is 3. The van der Waals surface area contributed by atoms with Crippen LogP contribution in [0, 0.1) is 12.8 Å². The van der Waals surface area contributed by atoms with Crippen LogP contribution >= 0.6 is 11.3 Å². The number of nitrogens with two attached hydrogens (primary N) is 1. The van der Waals surface area contributed by atoms with Gasteiger partial charge in [-0.1, -0.05) is 0 Å². The van der Waals surface area contributed by atoms with E-state index in [0.29, 0.717) is 0 Å². The summed E-state index contributed by atoms with van der Waals surface area (Å²) in [4.78, 5) is 5.55. The van der Waals surface area contributed by atoms with Crippen LogP contribution in [0.5, 0.6) is 0 Å². The quantitative estimate of drug-likeness (QED) is 0.732. The minimum atomic E-state index is 0.209. The van der Waals surface area contributed by atoms with E-state index in [1.54, 1.807) is 11.3 Å². The highest BCUT2D eigenvalue weighted by Gasteiger charge is 2.31. The van der Waals surface area contributed by atoms with Gasteiger partial charge in [0, 0.05) is 4.88 Å². The molecule has 0 radical (unpaired) electrons. The van der Waals surface area contributed by atoms with E-state index in [9.17, 15) is 0 Å². The summed E-state index contributed by atoms with van der Waals surface area (Å²) in [6.45, 7) is 2.09. The first kappa shape index (κ1) is 7.25. The third kappa shape index (κ3) is 1.30. The van der Waals surface area contributed by atoms with Gasteiger partial charge in [-0.05, 0) is 25.7 Å². The summed E-state index contributed by atoms with van der Waals surface area (Å²) in [5, 5.41) is 0. The van der Waals surface area contributed by atoms with Gasteiger partial charge in [0.25, 0.3) is 0 Å². The predicted molar refractivity (Wildman–Crippen MR) is 46.5 cm³/mol. The maximum Gasteiger partial charge on any atom is 0.0798 e. The van der Waals surface area contributed by atoms with Crippen LogP contribution in [0.25, 0.3) is 0 Å². The molecule has 2 nitrogen and oxygen atoms in total. The normalized spacial score (nSPS) is 20.2. The predicted octanol–water partition coefficient (Wildman–Crippen LogP) is 1.86. The fourth-order valence-corrected chi connectivity index (χ4v) is 1.95. The summed E-state index contributed by atoms with van der Waals surface area (Å²) < 4.78 is 0. The Morgan fingerprint density at radius 3 is 2.91 bits per heavy atom. The van der Waals surface area contributed by atoms with Gasteiger partial charge in [0.2, 0.25) is 0 Å². The number of nitrogens with zero attached hydrogens (tertiary/aromatic N) is 1. The van der Waals surface area contributed by atoms with E-state index in [2.05, 4.69) is 11.9 Å². The van der Waals surface area contributed by atoms with Gasteiger partial charge in [0.05, 0.1) is 17.2 Å². The molecule has 1 aromatic heterocycles. The van der Waals surface area contributed by atoms with E-state index in [0.717, 1.165) is 11.6 Å². The van der Waals surface area contributed by atoms with Crippen LogP contribution in [0.15, 0.2) is 5.51 Å². The van der Waals surface area contributed by atoms with Crippen LogP contribution in [0.1, 0.15) is 29.5 Å². The molecular formula is C8H12N2S. The van der Waals surface area contributed by atoms with Crippen molar-refractivity contribution in [1.29, 1.82) is 0 Å². The summed E-state index contributed by atoms with van der Waals surface area (Å²) in [7, 11) is 0. The van der Waals surface area contributed by atoms with Crippen molar-refractivity contribution in [3.8, 4) is 0 Å². The SMILES string of the molecule is Cc1scnc1C(N)C1CC1. The molecule has 1 unspecified atom stereocenters. The smallest absolute Gasteiger partial charge is 0.0798 e. The largest absolute Gasteiger partial charge is 0.322 e. The Labute approximate surface area is 70.5 Å². The molecule has 0 bridgehead atoms. The van der Waals surface area contributed by atoms with E-state index >= 15 is 0 Å². The maximum atomic E-state index is 5.99. The first-order chi connectivity index (χ1) is 5.29. The lowest BCUT2D eigenvalue weighted by molar-refractivity contribution is 0.615. The van der Waals surface area contributed by atoms with Gasteiger partial charge in [-0.25, -0.2) is 4.98 Å². The highest BCUT2D eigenvalue weighted by molar-refractivity contribution is 7.09. The van der Waals surface area contributed by atoms with Crippen LogP contribution in [0.3, 0.4) is 0 Å². The summed E-state index contributed by atoms with van der Waals surface area (Å²) in [5.41, 5.74) is 8.99. The Bertz CT molecular complexity index is 252. The van der Waals surface area contributed by atoms with Crippen molar-refractivity contribution >= 4 is 11.3 Å². The standard InChI is InChI=1S/C8H12N2S/c1-5-8(10-4-11-5)7(9)6-2-3-6/h4,6-7H,2-3,9H2,1H3. The molecule has 60 valence electrons. The lowest BCUT2D eigenvalue weighted by Crippen LogP contribution is -2.13. The Morgan fingerprint density at radius 1 is 1.73 bits per heavy atom. The lowest BCUT2D eigenvalue weighted by Gasteiger charge is -2.06. The molecule has 0 saturated heterocycles. The van der Waals surface area contributed by atoms with Crippen molar-refractivity contribution in [3.05, 3.63) is 16.1 Å². The molecule has 0 spiro atoms. The molecule has 11 heavy (non-hydrogen) atoms. The van der Waals surface area contributed by atoms with E-state index in [-0.39, 0.29) is 6.04 Å². The third-order valence-electron chi connectivity index (χ3n) is 2.23. The summed E-state index contributed by atoms with van der Waals surface area (Å²) in [5.74, 6) is 0.718. The minimum Gasteiger partial charge on any atom is -0.322 e. The Hall–Kier alpha value is -0.410. The second-order valence-corrected chi connectivity index (χ2v) is 4.22. The lowest BCUT2D eigenvalue weighted by atomic mass is 10.1. The van der Waals surface area contributed by atoms with Gasteiger partial charge in [0.1, 0.15) is 0 Å². The number of rotatable bonds is 2. The van der Waals surface area contributed by atoms with E-state index in [1.807, 2.05) is 5.51 Å². The molecule has 1 heterocycles. The molecule has 1 aliphatic carbocycles. The molecule has 1 aliphatic rings. The molecule has 0 aliphatic heterocycles. The Morgan fingerprint density at radius 2 is 2.45 bits per heavy atom. The first-order valence-corrected chi connectivity index (χ1v) is 4.82. The number of thiazole rings is 1. The van der Waals surface area contributed by atoms with Gasteiger partial charge in [0.15, 0.2) is 0 Å². The van der Waals surface area contributed by atoms with Gasteiger partial charge < -0.3 is 5.73 Å². The van der Waals surface area contributed by atoms with Crippen molar-refractivity contribution in [2.75, 3.05) is 0 Å². The molecule has 2 rings (SSSR count). The van der Waals surface area contributed by atoms with E-state index in [1.165, 1.54) is 17.7 Å². The van der Waals surface area contributed by atoms with Crippen LogP contribution in [-0.2, 0) is 0 Å². The molecule has 1 aromatic rings. The highest BCUT2D eigenvalue weighted by Crippen LogP contribution is 2.40. The molecule has 1 saturated carbocycles. The van der Waals surface area contributed by atoms with Crippen molar-refractivity contribution < 1.29 is 0 Å². The zero-order valence-corrected chi connectivity index (χ0v) is 7.40. The second kappa shape index (κ2) is 2.57. The average Bonchev–Trinajstić information content (AvgIpc) is 2.74. The first-order valence-electron chi connectivity index (χ1n) is 3.94. The van der Waals surface area contributed by atoms with E-state index in [4.69, 9.17) is 5.73 Å². The zero-order chi connectivity index (χ0) is 7.84. The zero-order valence-electron chi connectivity index (χ0n) is 6.58. The number of aromatic nitrogens is 1. The molecule has 0 aromatic carbocycles. The third-order valence-corrected chi connectivity index (χ3v) is 3.00. The van der Waals surface area contributed by atoms with Crippen LogP contribution < -0.4 is 5.73 Å². The van der Waals surface area contributed by atoms with Gasteiger partial charge in [-0.3, -0.25) is 0 Å². The number of aryl methyl sites for hydroxylation is 1. The molecule has 2 N–H and O–H groups in total. The molecule has 0 amide bonds. The Kier molecular flexibility index (Phi) is 1.69. The van der Waals surface area contributed by atoms with Gasteiger partial charge in [-0.2, -0.15) is 0 Å². The van der Waals surface area contributed by atoms with Gasteiger partial charge >= 0.3 is 0 Å². The topological polar surface area (TPSA) is 38.9 Å². The Balaban J connectivity index is 2.20. The van der Waals surface area contributed by atoms with Crippen molar-refractivity contribution in [3.63, 3.8) is 0 Å². The summed E-state index contributed by atoms with van der Waals surface area (Å²) >= 11 is 1.69. The molecule has 1 atom stereocenters. The molecule has 1 fully saturated rings. The number of hydrogen-bond donors (Lipinski definition) is 1. The van der Waals surface area contributed by atoms with Crippen molar-refractivity contribution in [2.24, 2.45) is 11.7 Å². The molecule has 3 heteroatoms. The molecular weight excluding hydrogens is 156 g/mol. The second-order valence-electron chi connectivity index (χ2n) is 3.16. The highest BCUT2D eigenvalue weighted by atomic mass is 32.1. The maximum absolute atomic E-state index is 5.99. The fraction of sp³-hybridized carbons (Fsp3) is 0.625. The summed E-state index contributed by atoms with van der Waals surface area (Å²) in [6, 6.07) is 0.209. The fourth-order valence-electron chi connectivity index (χ4n) is 1.31. The van der Waals surface area contributed by atoms with Gasteiger partial charge in [-0.15, -0.1) is 11.3 Å². The summed E-state index contributed by atoms with van der Waals surface area (Å²) in [6.07, 6.45) is 2.58. The van der Waals surface area contributed by atoms with Crippen LogP contribution in [-0.4, -0.2) is 4.98 Å². The minimum absolute atomic E-state index is 0.209. The monoisotopic (exact) mass is 168 g/mol. The van der Waals surface area contributed by atoms with Crippen molar-refractivity contribution in [2.45, 2.75) is 25.8 Å². The van der Waals surface area contributed by atoms with Crippen LogP contribution in [0.4, 0.5) is 0 Å². The average molecular weight is 168 g/mol. The van der Waals surface area contributed by atoms with Crippen molar-refractivity contribution in [1.82, 2.24) is 4.98 Å². The van der Waals surface area contributed by atoms with E-state index < -0.39 is 0 Å².